The maximum Gasteiger partial charge on any atom is 0.329 e. The number of rotatable bonds is 11. The Morgan fingerprint density at radius 2 is 2.11 bits per heavy atom. The molecule has 1 N–H and O–H groups in total. The van der Waals surface area contributed by atoms with Crippen LogP contribution in [-0.2, 0) is 31.5 Å². The molecule has 1 saturated heterocycles. The minimum absolute atomic E-state index is 0.0386. The zero-order valence-corrected chi connectivity index (χ0v) is 20.7. The van der Waals surface area contributed by atoms with Gasteiger partial charge in [0.15, 0.2) is 5.82 Å². The molecule has 0 aliphatic carbocycles. The van der Waals surface area contributed by atoms with E-state index in [-0.39, 0.29) is 24.6 Å². The predicted molar refractivity (Wildman–Crippen MR) is 129 cm³/mol. The molecule has 0 amide bonds. The van der Waals surface area contributed by atoms with Crippen LogP contribution in [0, 0.1) is 17.0 Å². The molecule has 3 aromatic rings. The SMILES string of the molecule is COP(O)OCC1CCC(n2cnc(C)c2N=c2n(C=O)ccn2CCc2ccc([N+](=O)[O-])cc2)O1. The van der Waals surface area contributed by atoms with Gasteiger partial charge in [0.05, 0.1) is 29.7 Å². The minimum atomic E-state index is -1.91. The molecule has 0 bridgehead atoms. The molecule has 1 fully saturated rings. The lowest BCUT2D eigenvalue weighted by Crippen LogP contribution is -2.26. The van der Waals surface area contributed by atoms with Crippen molar-refractivity contribution in [2.45, 2.75) is 45.1 Å². The van der Waals surface area contributed by atoms with Crippen molar-refractivity contribution in [2.24, 2.45) is 4.99 Å². The van der Waals surface area contributed by atoms with E-state index in [0.29, 0.717) is 42.9 Å². The first-order valence-corrected chi connectivity index (χ1v) is 12.4. The highest BCUT2D eigenvalue weighted by atomic mass is 31.2. The van der Waals surface area contributed by atoms with Gasteiger partial charge in [-0.1, -0.05) is 12.1 Å². The number of carbonyl (C=O) groups excluding carboxylic acids is 1. The number of aromatic nitrogens is 4. The van der Waals surface area contributed by atoms with E-state index in [0.717, 1.165) is 12.0 Å². The van der Waals surface area contributed by atoms with Crippen LogP contribution in [-0.4, -0.2) is 54.7 Å². The van der Waals surface area contributed by atoms with Crippen molar-refractivity contribution in [3.63, 3.8) is 0 Å². The third-order valence-electron chi connectivity index (χ3n) is 5.87. The molecule has 13 nitrogen and oxygen atoms in total. The monoisotopic (exact) mass is 518 g/mol. The molecule has 192 valence electrons. The van der Waals surface area contributed by atoms with Crippen molar-refractivity contribution in [1.29, 1.82) is 0 Å². The second-order valence-electron chi connectivity index (χ2n) is 8.16. The van der Waals surface area contributed by atoms with Gasteiger partial charge < -0.3 is 23.2 Å². The Balaban J connectivity index is 1.54. The van der Waals surface area contributed by atoms with E-state index in [9.17, 15) is 19.8 Å². The summed E-state index contributed by atoms with van der Waals surface area (Å²) >= 11 is 0. The molecule has 3 atom stereocenters. The van der Waals surface area contributed by atoms with Crippen molar-refractivity contribution in [3.05, 3.63) is 70.0 Å². The highest BCUT2D eigenvalue weighted by Gasteiger charge is 2.29. The van der Waals surface area contributed by atoms with E-state index in [1.54, 1.807) is 30.9 Å². The smallest absolute Gasteiger partial charge is 0.329 e. The fourth-order valence-electron chi connectivity index (χ4n) is 3.95. The quantitative estimate of drug-likeness (QED) is 0.176. The molecule has 0 spiro atoms. The average Bonchev–Trinajstić information content (AvgIpc) is 3.60. The van der Waals surface area contributed by atoms with Crippen molar-refractivity contribution in [3.8, 4) is 0 Å². The van der Waals surface area contributed by atoms with E-state index in [4.69, 9.17) is 18.8 Å². The zero-order chi connectivity index (χ0) is 25.7. The second-order valence-corrected chi connectivity index (χ2v) is 9.26. The average molecular weight is 518 g/mol. The normalized spacial score (nSPS) is 19.0. The van der Waals surface area contributed by atoms with Crippen LogP contribution in [0.25, 0.3) is 0 Å². The molecule has 36 heavy (non-hydrogen) atoms. The van der Waals surface area contributed by atoms with Crippen LogP contribution in [0.3, 0.4) is 0 Å². The summed E-state index contributed by atoms with van der Waals surface area (Å²) in [6.07, 6.45) is 7.23. The lowest BCUT2D eigenvalue weighted by Gasteiger charge is -2.17. The molecule has 3 heterocycles. The number of ether oxygens (including phenoxy) is 1. The van der Waals surface area contributed by atoms with Crippen LogP contribution < -0.4 is 5.62 Å². The van der Waals surface area contributed by atoms with E-state index in [1.807, 2.05) is 16.1 Å². The van der Waals surface area contributed by atoms with Gasteiger partial charge in [-0.15, -0.1) is 0 Å². The Hall–Kier alpha value is -3.22. The zero-order valence-electron chi connectivity index (χ0n) is 19.8. The standard InChI is InChI=1S/C22H27N6O7P/c1-16-21(27(14-23-16)20-8-7-19(35-20)13-34-36(32)33-2)24-22-25(11-12-26(22)15-29)10-9-17-3-5-18(6-4-17)28(30)31/h3-6,11-12,14-15,19-20,32H,7-10,13H2,1-2H3. The number of benzene rings is 1. The number of nitro groups is 1. The van der Waals surface area contributed by atoms with Crippen LogP contribution in [0.1, 0.15) is 30.3 Å². The Labute approximate surface area is 207 Å². The summed E-state index contributed by atoms with van der Waals surface area (Å²) in [6, 6.07) is 6.38. The van der Waals surface area contributed by atoms with Crippen molar-refractivity contribution in [2.75, 3.05) is 13.7 Å². The summed E-state index contributed by atoms with van der Waals surface area (Å²) in [4.78, 5) is 40.8. The Morgan fingerprint density at radius 3 is 2.81 bits per heavy atom. The van der Waals surface area contributed by atoms with Gasteiger partial charge in [0.2, 0.25) is 12.0 Å². The molecule has 2 aromatic heterocycles. The Morgan fingerprint density at radius 1 is 1.33 bits per heavy atom. The maximum absolute atomic E-state index is 11.7. The van der Waals surface area contributed by atoms with Gasteiger partial charge in [-0.2, -0.15) is 4.99 Å². The summed E-state index contributed by atoms with van der Waals surface area (Å²) in [5, 5.41) is 10.9. The summed E-state index contributed by atoms with van der Waals surface area (Å²) in [5.41, 5.74) is 2.06. The summed E-state index contributed by atoms with van der Waals surface area (Å²) < 4.78 is 21.1. The highest BCUT2D eigenvalue weighted by Crippen LogP contribution is 2.36. The van der Waals surface area contributed by atoms with Gasteiger partial charge in [-0.3, -0.25) is 24.0 Å². The number of non-ortho nitro benzene ring substituents is 1. The van der Waals surface area contributed by atoms with Crippen LogP contribution in [0.4, 0.5) is 11.5 Å². The molecular formula is C22H27N6O7P. The van der Waals surface area contributed by atoms with Gasteiger partial charge >= 0.3 is 8.60 Å². The van der Waals surface area contributed by atoms with Crippen LogP contribution >= 0.6 is 8.60 Å². The lowest BCUT2D eigenvalue weighted by atomic mass is 10.1. The van der Waals surface area contributed by atoms with Gasteiger partial charge in [-0.25, -0.2) is 4.98 Å². The van der Waals surface area contributed by atoms with Crippen molar-refractivity contribution in [1.82, 2.24) is 18.7 Å². The molecule has 1 aliphatic rings. The third kappa shape index (κ3) is 5.94. The number of hydrogen-bond donors (Lipinski definition) is 1. The second kappa shape index (κ2) is 11.7. The van der Waals surface area contributed by atoms with E-state index < -0.39 is 13.5 Å². The first kappa shape index (κ1) is 25.9. The molecule has 1 aromatic carbocycles. The van der Waals surface area contributed by atoms with Crippen LogP contribution in [0.5, 0.6) is 0 Å². The molecule has 3 unspecified atom stereocenters. The number of aryl methyl sites for hydroxylation is 3. The van der Waals surface area contributed by atoms with E-state index in [1.165, 1.54) is 23.8 Å². The van der Waals surface area contributed by atoms with Gasteiger partial charge in [0.1, 0.15) is 6.23 Å². The summed E-state index contributed by atoms with van der Waals surface area (Å²) in [5.74, 6) is 0.564. The number of nitrogens with zero attached hydrogens (tertiary/aromatic N) is 6. The van der Waals surface area contributed by atoms with Gasteiger partial charge in [-0.05, 0) is 31.7 Å². The van der Waals surface area contributed by atoms with Crippen LogP contribution in [0.2, 0.25) is 0 Å². The van der Waals surface area contributed by atoms with E-state index in [2.05, 4.69) is 4.98 Å². The third-order valence-corrected chi connectivity index (χ3v) is 6.55. The van der Waals surface area contributed by atoms with Gasteiger partial charge in [0, 0.05) is 38.2 Å². The molecule has 14 heteroatoms. The number of imidazole rings is 2. The molecule has 0 saturated carbocycles. The largest absolute Gasteiger partial charge is 0.352 e. The minimum Gasteiger partial charge on any atom is -0.352 e. The number of carbonyl (C=O) groups is 1. The lowest BCUT2D eigenvalue weighted by molar-refractivity contribution is -0.384. The van der Waals surface area contributed by atoms with Gasteiger partial charge in [0.25, 0.3) is 5.69 Å². The highest BCUT2D eigenvalue weighted by molar-refractivity contribution is 7.40. The fraction of sp³-hybridized carbons (Fsp3) is 0.409. The molecule has 1 aliphatic heterocycles. The molecular weight excluding hydrogens is 491 g/mol. The summed E-state index contributed by atoms with van der Waals surface area (Å²) in [6.45, 7) is 2.55. The number of hydrogen-bond acceptors (Lipinski definition) is 9. The van der Waals surface area contributed by atoms with E-state index >= 15 is 0 Å². The predicted octanol–water partition coefficient (Wildman–Crippen LogP) is 2.78. The summed E-state index contributed by atoms with van der Waals surface area (Å²) in [7, 11) is -0.539. The maximum atomic E-state index is 11.7. The first-order chi connectivity index (χ1) is 17.4. The Kier molecular flexibility index (Phi) is 8.39. The molecule has 0 radical (unpaired) electrons. The number of nitro benzene ring substituents is 1. The molecule has 4 rings (SSSR count). The van der Waals surface area contributed by atoms with Crippen LogP contribution in [0.15, 0.2) is 48.0 Å². The fourth-order valence-corrected chi connectivity index (χ4v) is 4.35. The first-order valence-electron chi connectivity index (χ1n) is 11.2. The van der Waals surface area contributed by atoms with Crippen molar-refractivity contribution < 1.29 is 28.4 Å². The van der Waals surface area contributed by atoms with Crippen molar-refractivity contribution >= 4 is 26.5 Å². The topological polar surface area (TPSA) is 148 Å². The Bertz CT molecular complexity index is 1270.